The zero-order valence-electron chi connectivity index (χ0n) is 12.6. The van der Waals surface area contributed by atoms with Gasteiger partial charge in [-0.3, -0.25) is 4.79 Å². The summed E-state index contributed by atoms with van der Waals surface area (Å²) in [6.07, 6.45) is 0. The van der Waals surface area contributed by atoms with Gasteiger partial charge in [0.1, 0.15) is 5.60 Å². The number of carbonyl (C=O) groups is 1. The van der Waals surface area contributed by atoms with E-state index < -0.39 is 5.60 Å². The summed E-state index contributed by atoms with van der Waals surface area (Å²) in [6.45, 7) is 7.65. The summed E-state index contributed by atoms with van der Waals surface area (Å²) >= 11 is 1.40. The van der Waals surface area contributed by atoms with E-state index >= 15 is 0 Å². The van der Waals surface area contributed by atoms with Crippen molar-refractivity contribution in [3.8, 4) is 0 Å². The number of aryl methyl sites for hydroxylation is 2. The first kappa shape index (κ1) is 14.9. The van der Waals surface area contributed by atoms with Crippen molar-refractivity contribution in [2.75, 3.05) is 5.75 Å². The zero-order chi connectivity index (χ0) is 14.9. The molecule has 0 N–H and O–H groups in total. The van der Waals surface area contributed by atoms with E-state index in [9.17, 15) is 4.79 Å². The summed E-state index contributed by atoms with van der Waals surface area (Å²) in [4.78, 5) is 16.3. The lowest BCUT2D eigenvalue weighted by Gasteiger charge is -2.19. The molecule has 1 aromatic heterocycles. The Balaban J connectivity index is 2.10. The van der Waals surface area contributed by atoms with Crippen LogP contribution in [-0.2, 0) is 16.6 Å². The summed E-state index contributed by atoms with van der Waals surface area (Å²) in [5.74, 6) is 0.0543. The predicted molar refractivity (Wildman–Crippen MR) is 82.0 cm³/mol. The molecule has 0 atom stereocenters. The third-order valence-corrected chi connectivity index (χ3v) is 3.74. The average molecular weight is 292 g/mol. The number of ether oxygens (including phenoxy) is 1. The molecule has 0 saturated carbocycles. The number of imidazole rings is 1. The van der Waals surface area contributed by atoms with Crippen molar-refractivity contribution in [3.63, 3.8) is 0 Å². The summed E-state index contributed by atoms with van der Waals surface area (Å²) in [5.41, 5.74) is 2.77. The Bertz CT molecular complexity index is 641. The highest BCUT2D eigenvalue weighted by Gasteiger charge is 2.17. The van der Waals surface area contributed by atoms with Gasteiger partial charge in [0, 0.05) is 7.05 Å². The van der Waals surface area contributed by atoms with Crippen molar-refractivity contribution in [1.29, 1.82) is 0 Å². The SMILES string of the molecule is Cc1ccc2c(c1)nc(SCC(=O)OC(C)(C)C)n2C. The largest absolute Gasteiger partial charge is 0.459 e. The summed E-state index contributed by atoms with van der Waals surface area (Å²) in [5, 5.41) is 0.830. The van der Waals surface area contributed by atoms with Crippen LogP contribution in [0.25, 0.3) is 11.0 Å². The number of rotatable bonds is 3. The van der Waals surface area contributed by atoms with E-state index in [4.69, 9.17) is 4.74 Å². The maximum atomic E-state index is 11.7. The third kappa shape index (κ3) is 3.54. The van der Waals surface area contributed by atoms with Crippen LogP contribution in [0.2, 0.25) is 0 Å². The highest BCUT2D eigenvalue weighted by atomic mass is 32.2. The molecule has 4 nitrogen and oxygen atoms in total. The Labute approximate surface area is 123 Å². The van der Waals surface area contributed by atoms with Gasteiger partial charge in [0.25, 0.3) is 0 Å². The van der Waals surface area contributed by atoms with Crippen LogP contribution in [0, 0.1) is 6.92 Å². The molecule has 0 fully saturated rings. The molecule has 0 aliphatic heterocycles. The predicted octanol–water partition coefficient (Wildman–Crippen LogP) is 3.32. The first-order chi connectivity index (χ1) is 9.26. The molecule has 0 bridgehead atoms. The fraction of sp³-hybridized carbons (Fsp3) is 0.467. The highest BCUT2D eigenvalue weighted by Crippen LogP contribution is 2.24. The normalized spacial score (nSPS) is 11.8. The van der Waals surface area contributed by atoms with Gasteiger partial charge in [0.15, 0.2) is 5.16 Å². The van der Waals surface area contributed by atoms with Gasteiger partial charge in [0.2, 0.25) is 0 Å². The Morgan fingerprint density at radius 1 is 1.40 bits per heavy atom. The maximum Gasteiger partial charge on any atom is 0.316 e. The van der Waals surface area contributed by atoms with Crippen molar-refractivity contribution in [2.24, 2.45) is 7.05 Å². The fourth-order valence-corrected chi connectivity index (χ4v) is 2.67. The number of aromatic nitrogens is 2. The Hall–Kier alpha value is -1.49. The maximum absolute atomic E-state index is 11.7. The Morgan fingerprint density at radius 3 is 2.75 bits per heavy atom. The summed E-state index contributed by atoms with van der Waals surface area (Å²) < 4.78 is 7.30. The molecule has 2 aromatic rings. The molecule has 5 heteroatoms. The van der Waals surface area contributed by atoms with Crippen LogP contribution in [-0.4, -0.2) is 26.9 Å². The lowest BCUT2D eigenvalue weighted by Crippen LogP contribution is -2.25. The molecule has 2 rings (SSSR count). The molecule has 0 aliphatic rings. The van der Waals surface area contributed by atoms with E-state index in [2.05, 4.69) is 17.1 Å². The minimum Gasteiger partial charge on any atom is -0.459 e. The third-order valence-electron chi connectivity index (χ3n) is 2.73. The van der Waals surface area contributed by atoms with Gasteiger partial charge in [0.05, 0.1) is 16.8 Å². The first-order valence-corrected chi connectivity index (χ1v) is 7.52. The molecule has 0 unspecified atom stereocenters. The molecule has 108 valence electrons. The van der Waals surface area contributed by atoms with Crippen molar-refractivity contribution in [3.05, 3.63) is 23.8 Å². The van der Waals surface area contributed by atoms with E-state index in [1.165, 1.54) is 17.3 Å². The van der Waals surface area contributed by atoms with Crippen LogP contribution in [0.3, 0.4) is 0 Å². The van der Waals surface area contributed by atoms with Crippen molar-refractivity contribution in [1.82, 2.24) is 9.55 Å². The van der Waals surface area contributed by atoms with E-state index in [1.54, 1.807) is 0 Å². The molecule has 0 amide bonds. The average Bonchev–Trinajstić information content (AvgIpc) is 2.61. The molecular formula is C15H20N2O2S. The number of esters is 1. The zero-order valence-corrected chi connectivity index (χ0v) is 13.4. The minimum atomic E-state index is -0.443. The van der Waals surface area contributed by atoms with Gasteiger partial charge in [-0.25, -0.2) is 4.98 Å². The van der Waals surface area contributed by atoms with Crippen LogP contribution in [0.1, 0.15) is 26.3 Å². The van der Waals surface area contributed by atoms with E-state index in [-0.39, 0.29) is 11.7 Å². The van der Waals surface area contributed by atoms with E-state index in [1.807, 2.05) is 45.4 Å². The standard InChI is InChI=1S/C15H20N2O2S/c1-10-6-7-12-11(8-10)16-14(17(12)5)20-9-13(18)19-15(2,3)4/h6-8H,9H2,1-5H3. The molecular weight excluding hydrogens is 272 g/mol. The van der Waals surface area contributed by atoms with Crippen LogP contribution in [0.15, 0.2) is 23.4 Å². The topological polar surface area (TPSA) is 44.1 Å². The van der Waals surface area contributed by atoms with E-state index in [0.717, 1.165) is 16.2 Å². The fourth-order valence-electron chi connectivity index (χ4n) is 1.91. The quantitative estimate of drug-likeness (QED) is 0.643. The summed E-state index contributed by atoms with van der Waals surface area (Å²) in [6, 6.07) is 6.16. The van der Waals surface area contributed by atoms with Gasteiger partial charge >= 0.3 is 5.97 Å². The monoisotopic (exact) mass is 292 g/mol. The van der Waals surface area contributed by atoms with Crippen molar-refractivity contribution < 1.29 is 9.53 Å². The van der Waals surface area contributed by atoms with Crippen LogP contribution < -0.4 is 0 Å². The molecule has 0 spiro atoms. The molecule has 0 aliphatic carbocycles. The van der Waals surface area contributed by atoms with Crippen molar-refractivity contribution >= 4 is 28.8 Å². The van der Waals surface area contributed by atoms with Gasteiger partial charge in [-0.1, -0.05) is 17.8 Å². The van der Waals surface area contributed by atoms with Gasteiger partial charge in [-0.2, -0.15) is 0 Å². The van der Waals surface area contributed by atoms with Crippen LogP contribution in [0.4, 0.5) is 0 Å². The number of carbonyl (C=O) groups excluding carboxylic acids is 1. The lowest BCUT2D eigenvalue weighted by molar-refractivity contribution is -0.151. The number of nitrogens with zero attached hydrogens (tertiary/aromatic N) is 2. The van der Waals surface area contributed by atoms with Crippen LogP contribution in [0.5, 0.6) is 0 Å². The van der Waals surface area contributed by atoms with Gasteiger partial charge < -0.3 is 9.30 Å². The molecule has 1 heterocycles. The second-order valence-corrected chi connectivity index (χ2v) is 6.76. The van der Waals surface area contributed by atoms with Gasteiger partial charge in [-0.05, 0) is 45.4 Å². The second-order valence-electron chi connectivity index (χ2n) is 5.82. The van der Waals surface area contributed by atoms with Crippen molar-refractivity contribution in [2.45, 2.75) is 38.5 Å². The number of hydrogen-bond acceptors (Lipinski definition) is 4. The number of benzene rings is 1. The highest BCUT2D eigenvalue weighted by molar-refractivity contribution is 7.99. The van der Waals surface area contributed by atoms with E-state index in [0.29, 0.717) is 0 Å². The second kappa shape index (κ2) is 5.48. The molecule has 1 aromatic carbocycles. The Kier molecular flexibility index (Phi) is 4.09. The van der Waals surface area contributed by atoms with Gasteiger partial charge in [-0.15, -0.1) is 0 Å². The summed E-state index contributed by atoms with van der Waals surface area (Å²) in [7, 11) is 1.96. The number of fused-ring (bicyclic) bond motifs is 1. The minimum absolute atomic E-state index is 0.217. The molecule has 20 heavy (non-hydrogen) atoms. The number of thioether (sulfide) groups is 1. The lowest BCUT2D eigenvalue weighted by atomic mass is 10.2. The smallest absolute Gasteiger partial charge is 0.316 e. The Morgan fingerprint density at radius 2 is 2.10 bits per heavy atom. The number of hydrogen-bond donors (Lipinski definition) is 0. The first-order valence-electron chi connectivity index (χ1n) is 6.54. The molecule has 0 radical (unpaired) electrons. The molecule has 0 saturated heterocycles. The van der Waals surface area contributed by atoms with Crippen LogP contribution >= 0.6 is 11.8 Å².